The average Bonchev–Trinajstić information content (AvgIpc) is 2.92. The fourth-order valence-electron chi connectivity index (χ4n) is 2.98. The summed E-state index contributed by atoms with van der Waals surface area (Å²) in [5, 5.41) is 9.87. The Morgan fingerprint density at radius 1 is 1.15 bits per heavy atom. The number of para-hydroxylation sites is 1. The maximum atomic E-state index is 12.9. The lowest BCUT2D eigenvalue weighted by molar-refractivity contribution is -0.139. The summed E-state index contributed by atoms with van der Waals surface area (Å²) in [6.45, 7) is 0.243. The highest BCUT2D eigenvalue weighted by Gasteiger charge is 2.30. The fraction of sp³-hybridized carbons (Fsp3) is 0.211. The summed E-state index contributed by atoms with van der Waals surface area (Å²) in [4.78, 5) is 11.0. The second kappa shape index (κ2) is 6.84. The zero-order chi connectivity index (χ0) is 18.9. The van der Waals surface area contributed by atoms with Crippen LogP contribution < -0.4 is 5.73 Å². The SMILES string of the molecule is N[C@@H](Cc1cn(Cc2cccc(C(F)(F)F)c2)c2ccccc12)C(=O)O. The number of hydrogen-bond acceptors (Lipinski definition) is 2. The molecule has 0 aliphatic rings. The minimum Gasteiger partial charge on any atom is -0.480 e. The van der Waals surface area contributed by atoms with Crippen LogP contribution in [0.2, 0.25) is 0 Å². The largest absolute Gasteiger partial charge is 0.480 e. The molecule has 26 heavy (non-hydrogen) atoms. The minimum atomic E-state index is -4.39. The van der Waals surface area contributed by atoms with Crippen LogP contribution in [0.3, 0.4) is 0 Å². The normalized spacial score (nSPS) is 13.1. The Morgan fingerprint density at radius 2 is 1.88 bits per heavy atom. The van der Waals surface area contributed by atoms with Crippen molar-refractivity contribution >= 4 is 16.9 Å². The molecule has 3 rings (SSSR count). The zero-order valence-electron chi connectivity index (χ0n) is 13.7. The first-order chi connectivity index (χ1) is 12.3. The van der Waals surface area contributed by atoms with Crippen LogP contribution >= 0.6 is 0 Å². The number of aromatic nitrogens is 1. The summed E-state index contributed by atoms with van der Waals surface area (Å²) in [5.74, 6) is -1.10. The van der Waals surface area contributed by atoms with E-state index in [1.807, 2.05) is 28.8 Å². The van der Waals surface area contributed by atoms with Crippen molar-refractivity contribution in [1.29, 1.82) is 0 Å². The van der Waals surface area contributed by atoms with Crippen molar-refractivity contribution in [1.82, 2.24) is 4.57 Å². The Bertz CT molecular complexity index is 947. The zero-order valence-corrected chi connectivity index (χ0v) is 13.7. The van der Waals surface area contributed by atoms with Crippen molar-refractivity contribution in [3.05, 3.63) is 71.4 Å². The lowest BCUT2D eigenvalue weighted by Crippen LogP contribution is -2.32. The van der Waals surface area contributed by atoms with Gasteiger partial charge in [-0.1, -0.05) is 30.3 Å². The standard InChI is InChI=1S/C19H17F3N2O2/c20-19(21,22)14-5-3-4-12(8-14)10-24-11-13(9-16(23)18(25)26)15-6-1-2-7-17(15)24/h1-8,11,16H,9-10,23H2,(H,25,26)/t16-/m0/s1. The van der Waals surface area contributed by atoms with Crippen molar-refractivity contribution < 1.29 is 23.1 Å². The van der Waals surface area contributed by atoms with Crippen LogP contribution in [0.25, 0.3) is 10.9 Å². The Kier molecular flexibility index (Phi) is 4.73. The van der Waals surface area contributed by atoms with Crippen molar-refractivity contribution in [2.45, 2.75) is 25.2 Å². The number of alkyl halides is 3. The van der Waals surface area contributed by atoms with Crippen molar-refractivity contribution in [2.24, 2.45) is 5.73 Å². The third kappa shape index (κ3) is 3.72. The van der Waals surface area contributed by atoms with Crippen LogP contribution in [0.5, 0.6) is 0 Å². The molecule has 0 unspecified atom stereocenters. The van der Waals surface area contributed by atoms with Gasteiger partial charge >= 0.3 is 12.1 Å². The molecule has 7 heteroatoms. The highest BCUT2D eigenvalue weighted by atomic mass is 19.4. The van der Waals surface area contributed by atoms with Crippen LogP contribution in [0.1, 0.15) is 16.7 Å². The number of carboxylic acid groups (broad SMARTS) is 1. The molecule has 136 valence electrons. The Hall–Kier alpha value is -2.80. The quantitative estimate of drug-likeness (QED) is 0.728. The van der Waals surface area contributed by atoms with Gasteiger partial charge in [0.15, 0.2) is 0 Å². The van der Waals surface area contributed by atoms with E-state index in [9.17, 15) is 18.0 Å². The number of hydrogen-bond donors (Lipinski definition) is 2. The molecule has 0 fully saturated rings. The van der Waals surface area contributed by atoms with E-state index in [0.717, 1.165) is 28.6 Å². The van der Waals surface area contributed by atoms with E-state index in [1.165, 1.54) is 6.07 Å². The smallest absolute Gasteiger partial charge is 0.416 e. The lowest BCUT2D eigenvalue weighted by atomic mass is 10.1. The number of nitrogens with zero attached hydrogens (tertiary/aromatic N) is 1. The minimum absolute atomic E-state index is 0.144. The molecule has 2 aromatic carbocycles. The van der Waals surface area contributed by atoms with E-state index in [0.29, 0.717) is 5.56 Å². The summed E-state index contributed by atoms with van der Waals surface area (Å²) in [6.07, 6.45) is -2.49. The van der Waals surface area contributed by atoms with Gasteiger partial charge in [0.2, 0.25) is 0 Å². The second-order valence-electron chi connectivity index (χ2n) is 6.15. The van der Waals surface area contributed by atoms with E-state index >= 15 is 0 Å². The van der Waals surface area contributed by atoms with Crippen LogP contribution in [-0.2, 0) is 23.9 Å². The van der Waals surface area contributed by atoms with E-state index in [-0.39, 0.29) is 13.0 Å². The van der Waals surface area contributed by atoms with Gasteiger partial charge in [0.25, 0.3) is 0 Å². The maximum Gasteiger partial charge on any atom is 0.416 e. The number of carboxylic acids is 1. The molecule has 0 bridgehead atoms. The van der Waals surface area contributed by atoms with Crippen LogP contribution in [0.15, 0.2) is 54.7 Å². The van der Waals surface area contributed by atoms with Crippen LogP contribution in [-0.4, -0.2) is 21.7 Å². The molecule has 0 saturated heterocycles. The van der Waals surface area contributed by atoms with Gasteiger partial charge in [0.1, 0.15) is 6.04 Å². The third-order valence-electron chi connectivity index (χ3n) is 4.24. The summed E-state index contributed by atoms with van der Waals surface area (Å²) in [6, 6.07) is 11.5. The van der Waals surface area contributed by atoms with Crippen molar-refractivity contribution in [3.63, 3.8) is 0 Å². The van der Waals surface area contributed by atoms with Gasteiger partial charge in [0, 0.05) is 30.1 Å². The second-order valence-corrected chi connectivity index (χ2v) is 6.15. The van der Waals surface area contributed by atoms with Crippen LogP contribution in [0.4, 0.5) is 13.2 Å². The fourth-order valence-corrected chi connectivity index (χ4v) is 2.98. The number of fused-ring (bicyclic) bond motifs is 1. The van der Waals surface area contributed by atoms with Gasteiger partial charge in [-0.2, -0.15) is 13.2 Å². The van der Waals surface area contributed by atoms with Crippen molar-refractivity contribution in [3.8, 4) is 0 Å². The molecule has 3 aromatic rings. The summed E-state index contributed by atoms with van der Waals surface area (Å²) >= 11 is 0. The van der Waals surface area contributed by atoms with Gasteiger partial charge in [-0.15, -0.1) is 0 Å². The summed E-state index contributed by atoms with van der Waals surface area (Å²) in [5.41, 5.74) is 7.02. The molecule has 0 saturated carbocycles. The number of benzene rings is 2. The number of nitrogens with two attached hydrogens (primary N) is 1. The molecule has 1 heterocycles. The van der Waals surface area contributed by atoms with Gasteiger partial charge in [0.05, 0.1) is 5.56 Å². The molecule has 3 N–H and O–H groups in total. The number of rotatable bonds is 5. The molecule has 4 nitrogen and oxygen atoms in total. The lowest BCUT2D eigenvalue weighted by Gasteiger charge is -2.10. The topological polar surface area (TPSA) is 68.2 Å². The highest BCUT2D eigenvalue weighted by molar-refractivity contribution is 5.85. The van der Waals surface area contributed by atoms with Crippen molar-refractivity contribution in [2.75, 3.05) is 0 Å². The monoisotopic (exact) mass is 362 g/mol. The van der Waals surface area contributed by atoms with E-state index in [4.69, 9.17) is 10.8 Å². The van der Waals surface area contributed by atoms with Gasteiger partial charge in [-0.05, 0) is 29.3 Å². The first-order valence-electron chi connectivity index (χ1n) is 7.97. The molecule has 1 aromatic heterocycles. The predicted octanol–water partition coefficient (Wildman–Crippen LogP) is 3.66. The molecular weight excluding hydrogens is 345 g/mol. The molecule has 1 atom stereocenters. The molecule has 0 spiro atoms. The molecule has 0 aliphatic heterocycles. The Balaban J connectivity index is 1.97. The Morgan fingerprint density at radius 3 is 2.58 bits per heavy atom. The molecule has 0 aliphatic carbocycles. The molecule has 0 amide bonds. The number of halogens is 3. The molecule has 0 radical (unpaired) electrons. The number of carbonyl (C=O) groups is 1. The Labute approximate surface area is 147 Å². The highest BCUT2D eigenvalue weighted by Crippen LogP contribution is 2.30. The maximum absolute atomic E-state index is 12.9. The first-order valence-corrected chi connectivity index (χ1v) is 7.97. The van der Waals surface area contributed by atoms with E-state index in [1.54, 1.807) is 12.3 Å². The number of aliphatic carboxylic acids is 1. The van der Waals surface area contributed by atoms with E-state index in [2.05, 4.69) is 0 Å². The van der Waals surface area contributed by atoms with Gasteiger partial charge < -0.3 is 15.4 Å². The summed E-state index contributed by atoms with van der Waals surface area (Å²) < 4.78 is 40.5. The molecular formula is C19H17F3N2O2. The van der Waals surface area contributed by atoms with Gasteiger partial charge in [-0.25, -0.2) is 0 Å². The average molecular weight is 362 g/mol. The van der Waals surface area contributed by atoms with Crippen LogP contribution in [0, 0.1) is 0 Å². The summed E-state index contributed by atoms with van der Waals surface area (Å²) in [7, 11) is 0. The van der Waals surface area contributed by atoms with Gasteiger partial charge in [-0.3, -0.25) is 4.79 Å². The third-order valence-corrected chi connectivity index (χ3v) is 4.24. The first kappa shape index (κ1) is 18.0. The van der Waals surface area contributed by atoms with E-state index < -0.39 is 23.8 Å². The predicted molar refractivity (Wildman–Crippen MR) is 91.8 cm³/mol.